The molecule has 0 spiro atoms. The number of aliphatic carboxylic acids is 1. The molecule has 1 aromatic rings. The Balaban J connectivity index is 2.71. The number of hydrogen-bond acceptors (Lipinski definition) is 3. The summed E-state index contributed by atoms with van der Waals surface area (Å²) >= 11 is 2.03. The van der Waals surface area contributed by atoms with Crippen molar-refractivity contribution in [2.45, 2.75) is 13.3 Å². The van der Waals surface area contributed by atoms with E-state index < -0.39 is 17.8 Å². The third-order valence-electron chi connectivity index (χ3n) is 2.55. The zero-order valence-electron chi connectivity index (χ0n) is 9.81. The number of amides is 1. The smallest absolute Gasteiger partial charge is 0.308 e. The molecule has 0 saturated heterocycles. The summed E-state index contributed by atoms with van der Waals surface area (Å²) in [5.74, 6) is -2.13. The lowest BCUT2D eigenvalue weighted by Gasteiger charge is -2.11. The van der Waals surface area contributed by atoms with E-state index in [4.69, 9.17) is 5.11 Å². The molecule has 5 nitrogen and oxygen atoms in total. The van der Waals surface area contributed by atoms with Gasteiger partial charge in [0.25, 0.3) is 5.91 Å². The summed E-state index contributed by atoms with van der Waals surface area (Å²) in [4.78, 5) is 22.6. The molecule has 0 fully saturated rings. The first-order valence-electron chi connectivity index (χ1n) is 5.45. The molecule has 1 rings (SSSR count). The Morgan fingerprint density at radius 1 is 1.44 bits per heavy atom. The first kappa shape index (κ1) is 14.7. The Labute approximate surface area is 118 Å². The fraction of sp³-hybridized carbons (Fsp3) is 0.333. The van der Waals surface area contributed by atoms with Crippen molar-refractivity contribution >= 4 is 34.5 Å². The maximum absolute atomic E-state index is 11.8. The summed E-state index contributed by atoms with van der Waals surface area (Å²) < 4.78 is 0.820. The SMILES string of the molecule is CCC(CNC(=O)c1cc(I)ccc1O)C(=O)O. The van der Waals surface area contributed by atoms with Crippen LogP contribution >= 0.6 is 22.6 Å². The van der Waals surface area contributed by atoms with Gasteiger partial charge in [-0.3, -0.25) is 9.59 Å². The number of phenols is 1. The number of nitrogens with one attached hydrogen (secondary N) is 1. The molecule has 98 valence electrons. The van der Waals surface area contributed by atoms with Gasteiger partial charge in [0, 0.05) is 10.1 Å². The normalized spacial score (nSPS) is 11.9. The van der Waals surface area contributed by atoms with Gasteiger partial charge >= 0.3 is 5.97 Å². The predicted molar refractivity (Wildman–Crippen MR) is 74.6 cm³/mol. The summed E-state index contributed by atoms with van der Waals surface area (Å²) in [7, 11) is 0. The van der Waals surface area contributed by atoms with Crippen LogP contribution in [0.2, 0.25) is 0 Å². The highest BCUT2D eigenvalue weighted by molar-refractivity contribution is 14.1. The van der Waals surface area contributed by atoms with E-state index in [1.165, 1.54) is 6.07 Å². The number of carbonyl (C=O) groups excluding carboxylic acids is 1. The highest BCUT2D eigenvalue weighted by Gasteiger charge is 2.17. The van der Waals surface area contributed by atoms with Crippen LogP contribution in [-0.2, 0) is 4.79 Å². The van der Waals surface area contributed by atoms with Crippen LogP contribution in [0.25, 0.3) is 0 Å². The van der Waals surface area contributed by atoms with Crippen molar-refractivity contribution in [2.75, 3.05) is 6.54 Å². The fourth-order valence-electron chi connectivity index (χ4n) is 1.41. The zero-order valence-corrected chi connectivity index (χ0v) is 12.0. The quantitative estimate of drug-likeness (QED) is 0.697. The van der Waals surface area contributed by atoms with E-state index in [2.05, 4.69) is 5.32 Å². The minimum Gasteiger partial charge on any atom is -0.507 e. The van der Waals surface area contributed by atoms with Gasteiger partial charge in [0.2, 0.25) is 0 Å². The zero-order chi connectivity index (χ0) is 13.7. The van der Waals surface area contributed by atoms with Crippen molar-refractivity contribution in [3.8, 4) is 5.75 Å². The minimum atomic E-state index is -0.940. The van der Waals surface area contributed by atoms with Crippen LogP contribution in [0.15, 0.2) is 18.2 Å². The van der Waals surface area contributed by atoms with Crippen LogP contribution in [0, 0.1) is 9.49 Å². The highest BCUT2D eigenvalue weighted by atomic mass is 127. The lowest BCUT2D eigenvalue weighted by Crippen LogP contribution is -2.32. The highest BCUT2D eigenvalue weighted by Crippen LogP contribution is 2.19. The molecule has 0 aromatic heterocycles. The summed E-state index contributed by atoms with van der Waals surface area (Å²) in [5, 5.41) is 20.9. The van der Waals surface area contributed by atoms with E-state index in [-0.39, 0.29) is 17.9 Å². The molecule has 0 heterocycles. The molecule has 1 atom stereocenters. The van der Waals surface area contributed by atoms with Gasteiger partial charge in [-0.2, -0.15) is 0 Å². The van der Waals surface area contributed by atoms with Crippen LogP contribution in [0.3, 0.4) is 0 Å². The Bertz CT molecular complexity index is 461. The third-order valence-corrected chi connectivity index (χ3v) is 3.23. The summed E-state index contributed by atoms with van der Waals surface area (Å²) in [6.07, 6.45) is 0.438. The van der Waals surface area contributed by atoms with Crippen molar-refractivity contribution in [1.82, 2.24) is 5.32 Å². The van der Waals surface area contributed by atoms with Crippen LogP contribution in [-0.4, -0.2) is 28.6 Å². The van der Waals surface area contributed by atoms with E-state index in [0.29, 0.717) is 6.42 Å². The molecule has 18 heavy (non-hydrogen) atoms. The molecular formula is C12H14INO4. The number of carboxylic acids is 1. The van der Waals surface area contributed by atoms with Crippen molar-refractivity contribution in [3.05, 3.63) is 27.3 Å². The summed E-state index contributed by atoms with van der Waals surface area (Å²) in [5.41, 5.74) is 0.155. The first-order valence-corrected chi connectivity index (χ1v) is 6.53. The minimum absolute atomic E-state index is 0.0512. The second-order valence-electron chi connectivity index (χ2n) is 3.81. The van der Waals surface area contributed by atoms with Gasteiger partial charge in [0.1, 0.15) is 5.75 Å². The van der Waals surface area contributed by atoms with Crippen LogP contribution in [0.5, 0.6) is 5.75 Å². The maximum atomic E-state index is 11.8. The van der Waals surface area contributed by atoms with Crippen LogP contribution in [0.4, 0.5) is 0 Å². The van der Waals surface area contributed by atoms with E-state index in [9.17, 15) is 14.7 Å². The molecule has 0 bridgehead atoms. The fourth-order valence-corrected chi connectivity index (χ4v) is 1.90. The number of phenolic OH excluding ortho intramolecular Hbond substituents is 1. The molecule has 1 aromatic carbocycles. The second-order valence-corrected chi connectivity index (χ2v) is 5.06. The van der Waals surface area contributed by atoms with Gasteiger partial charge in [-0.15, -0.1) is 0 Å². The lowest BCUT2D eigenvalue weighted by atomic mass is 10.1. The maximum Gasteiger partial charge on any atom is 0.308 e. The molecule has 1 unspecified atom stereocenters. The number of benzene rings is 1. The van der Waals surface area contributed by atoms with Gasteiger partial charge in [-0.05, 0) is 47.2 Å². The second kappa shape index (κ2) is 6.58. The van der Waals surface area contributed by atoms with E-state index in [0.717, 1.165) is 3.57 Å². The molecule has 0 saturated carbocycles. The van der Waals surface area contributed by atoms with Crippen molar-refractivity contribution in [2.24, 2.45) is 5.92 Å². The Morgan fingerprint density at radius 3 is 2.67 bits per heavy atom. The number of carboxylic acid groups (broad SMARTS) is 1. The predicted octanol–water partition coefficient (Wildman–Crippen LogP) is 1.84. The number of carbonyl (C=O) groups is 2. The van der Waals surface area contributed by atoms with Crippen molar-refractivity contribution < 1.29 is 19.8 Å². The lowest BCUT2D eigenvalue weighted by molar-refractivity contribution is -0.141. The standard InChI is InChI=1S/C12H14INO4/c1-2-7(12(17)18)6-14-11(16)9-5-8(13)3-4-10(9)15/h3-5,7,15H,2,6H2,1H3,(H,14,16)(H,17,18). The summed E-state index contributed by atoms with van der Waals surface area (Å²) in [6, 6.07) is 4.66. The number of hydrogen-bond donors (Lipinski definition) is 3. The Kier molecular flexibility index (Phi) is 5.39. The number of rotatable bonds is 5. The average molecular weight is 363 g/mol. The molecule has 0 aliphatic rings. The van der Waals surface area contributed by atoms with E-state index in [1.54, 1.807) is 19.1 Å². The molecule has 0 radical (unpaired) electrons. The van der Waals surface area contributed by atoms with Crippen LogP contribution in [0.1, 0.15) is 23.7 Å². The molecule has 3 N–H and O–H groups in total. The molecule has 1 amide bonds. The largest absolute Gasteiger partial charge is 0.507 e. The monoisotopic (exact) mass is 363 g/mol. The van der Waals surface area contributed by atoms with Crippen molar-refractivity contribution in [1.29, 1.82) is 0 Å². The third kappa shape index (κ3) is 3.86. The Hall–Kier alpha value is -1.31. The van der Waals surface area contributed by atoms with Gasteiger partial charge in [-0.25, -0.2) is 0 Å². The number of halogens is 1. The van der Waals surface area contributed by atoms with E-state index >= 15 is 0 Å². The van der Waals surface area contributed by atoms with Gasteiger partial charge in [-0.1, -0.05) is 6.92 Å². The van der Waals surface area contributed by atoms with Gasteiger partial charge < -0.3 is 15.5 Å². The molecular weight excluding hydrogens is 349 g/mol. The molecule has 0 aliphatic heterocycles. The van der Waals surface area contributed by atoms with Gasteiger partial charge in [0.05, 0.1) is 11.5 Å². The first-order chi connectivity index (χ1) is 8.45. The molecule has 0 aliphatic carbocycles. The van der Waals surface area contributed by atoms with E-state index in [1.807, 2.05) is 22.6 Å². The molecule has 6 heteroatoms. The Morgan fingerprint density at radius 2 is 2.11 bits per heavy atom. The topological polar surface area (TPSA) is 86.6 Å². The van der Waals surface area contributed by atoms with Crippen molar-refractivity contribution in [3.63, 3.8) is 0 Å². The summed E-state index contributed by atoms with van der Waals surface area (Å²) in [6.45, 7) is 1.80. The number of aromatic hydroxyl groups is 1. The average Bonchev–Trinajstić information content (AvgIpc) is 2.32. The van der Waals surface area contributed by atoms with Gasteiger partial charge in [0.15, 0.2) is 0 Å². The van der Waals surface area contributed by atoms with Crippen LogP contribution < -0.4 is 5.32 Å².